The molecule has 0 saturated carbocycles. The van der Waals surface area contributed by atoms with Crippen LogP contribution in [0.3, 0.4) is 0 Å². The third-order valence-corrected chi connectivity index (χ3v) is 8.05. The number of nitrogens with zero attached hydrogens (tertiary/aromatic N) is 4. The van der Waals surface area contributed by atoms with Crippen LogP contribution in [0.1, 0.15) is 104 Å². The summed E-state index contributed by atoms with van der Waals surface area (Å²) >= 11 is 6.67. The minimum absolute atomic E-state index is 0.296. The number of ether oxygens (including phenoxy) is 3. The van der Waals surface area contributed by atoms with Crippen molar-refractivity contribution in [2.24, 2.45) is 0 Å². The molecule has 1 fully saturated rings. The van der Waals surface area contributed by atoms with Gasteiger partial charge < -0.3 is 29.7 Å². The zero-order chi connectivity index (χ0) is 41.3. The number of hydrogen-bond donors (Lipinski definition) is 2. The summed E-state index contributed by atoms with van der Waals surface area (Å²) in [5.41, 5.74) is 5.22. The number of carbonyl (C=O) groups is 1. The summed E-state index contributed by atoms with van der Waals surface area (Å²) in [6.45, 7) is 22.5. The van der Waals surface area contributed by atoms with Crippen LogP contribution in [-0.4, -0.2) is 61.2 Å². The van der Waals surface area contributed by atoms with Gasteiger partial charge in [0.15, 0.2) is 0 Å². The second-order valence-corrected chi connectivity index (χ2v) is 12.0. The van der Waals surface area contributed by atoms with Crippen LogP contribution >= 0.6 is 11.6 Å². The third kappa shape index (κ3) is 14.8. The van der Waals surface area contributed by atoms with Gasteiger partial charge in [-0.15, -0.1) is 0 Å². The molecule has 55 heavy (non-hydrogen) atoms. The predicted molar refractivity (Wildman–Crippen MR) is 230 cm³/mol. The SMILES string of the molecule is CC.CC.CC.CC.CCOc1cc2nc(C)c(C#N)c(Nc3ccc(OCc4ccc(C5CCOCC5)nc4)c(Cl)c3)c2cc1NC(=O)/C=C/CN(C)C. The highest BCUT2D eigenvalue weighted by Gasteiger charge is 2.19. The lowest BCUT2D eigenvalue weighted by molar-refractivity contribution is -0.111. The molecule has 5 rings (SSSR count). The van der Waals surface area contributed by atoms with Crippen molar-refractivity contribution in [1.82, 2.24) is 14.9 Å². The lowest BCUT2D eigenvalue weighted by Gasteiger charge is -2.21. The number of nitriles is 1. The zero-order valence-electron chi connectivity index (χ0n) is 35.1. The fourth-order valence-corrected chi connectivity index (χ4v) is 5.59. The van der Waals surface area contributed by atoms with Crippen molar-refractivity contribution in [3.63, 3.8) is 0 Å². The Labute approximate surface area is 335 Å². The number of hydrogen-bond acceptors (Lipinski definition) is 9. The summed E-state index contributed by atoms with van der Waals surface area (Å²) in [7, 11) is 3.85. The van der Waals surface area contributed by atoms with Crippen molar-refractivity contribution in [3.05, 3.63) is 88.4 Å². The molecule has 2 aromatic carbocycles. The average Bonchev–Trinajstić information content (AvgIpc) is 3.21. The van der Waals surface area contributed by atoms with Gasteiger partial charge in [-0.05, 0) is 71.1 Å². The van der Waals surface area contributed by atoms with Crippen LogP contribution in [-0.2, 0) is 16.1 Å². The van der Waals surface area contributed by atoms with Gasteiger partial charge in [-0.3, -0.25) is 14.8 Å². The smallest absolute Gasteiger partial charge is 0.248 e. The minimum atomic E-state index is -0.296. The first-order chi connectivity index (χ1) is 26.7. The van der Waals surface area contributed by atoms with E-state index in [2.05, 4.69) is 32.7 Å². The molecule has 300 valence electrons. The molecule has 3 heterocycles. The molecule has 1 aliphatic rings. The first kappa shape index (κ1) is 48.3. The summed E-state index contributed by atoms with van der Waals surface area (Å²) < 4.78 is 17.3. The molecule has 4 aromatic rings. The quantitative estimate of drug-likeness (QED) is 0.135. The number of benzene rings is 2. The Morgan fingerprint density at radius 3 is 2.27 bits per heavy atom. The van der Waals surface area contributed by atoms with Crippen LogP contribution in [0.2, 0.25) is 5.02 Å². The van der Waals surface area contributed by atoms with Crippen molar-refractivity contribution in [2.45, 2.75) is 94.6 Å². The van der Waals surface area contributed by atoms with Crippen molar-refractivity contribution in [1.29, 1.82) is 5.26 Å². The fraction of sp³-hybridized carbons (Fsp3) is 0.455. The van der Waals surface area contributed by atoms with Crippen LogP contribution in [0, 0.1) is 18.3 Å². The van der Waals surface area contributed by atoms with E-state index in [-0.39, 0.29) is 5.91 Å². The molecule has 2 N–H and O–H groups in total. The number of rotatable bonds is 12. The van der Waals surface area contributed by atoms with E-state index < -0.39 is 0 Å². The summed E-state index contributed by atoms with van der Waals surface area (Å²) in [5.74, 6) is 1.14. The number of nitrogens with one attached hydrogen (secondary N) is 2. The van der Waals surface area contributed by atoms with Crippen LogP contribution in [0.5, 0.6) is 11.5 Å². The third-order valence-electron chi connectivity index (χ3n) is 7.76. The predicted octanol–water partition coefficient (Wildman–Crippen LogP) is 11.2. The van der Waals surface area contributed by atoms with Crippen LogP contribution in [0.4, 0.5) is 17.1 Å². The minimum Gasteiger partial charge on any atom is -0.492 e. The summed E-state index contributed by atoms with van der Waals surface area (Å²) in [6, 6.07) is 15.3. The van der Waals surface area contributed by atoms with E-state index >= 15 is 0 Å². The Kier molecular flexibility index (Phi) is 23.7. The molecule has 0 atom stereocenters. The monoisotopic (exact) mass is 774 g/mol. The Balaban J connectivity index is 0.00000177. The first-order valence-corrected chi connectivity index (χ1v) is 20.0. The molecule has 0 radical (unpaired) electrons. The van der Waals surface area contributed by atoms with Gasteiger partial charge in [0.2, 0.25) is 5.91 Å². The number of aryl methyl sites for hydroxylation is 1. The topological polar surface area (TPSA) is 122 Å². The van der Waals surface area contributed by atoms with E-state index in [1.54, 1.807) is 37.3 Å². The van der Waals surface area contributed by atoms with Crippen LogP contribution in [0.25, 0.3) is 10.9 Å². The Morgan fingerprint density at radius 1 is 1.00 bits per heavy atom. The number of carbonyl (C=O) groups excluding carboxylic acids is 1. The van der Waals surface area contributed by atoms with E-state index in [0.29, 0.717) is 81.4 Å². The maximum Gasteiger partial charge on any atom is 0.248 e. The van der Waals surface area contributed by atoms with Crippen molar-refractivity contribution < 1.29 is 19.0 Å². The van der Waals surface area contributed by atoms with E-state index in [1.165, 1.54) is 6.08 Å². The molecule has 1 saturated heterocycles. The number of pyridine rings is 2. The van der Waals surface area contributed by atoms with Crippen LogP contribution < -0.4 is 20.1 Å². The number of amides is 1. The summed E-state index contributed by atoms with van der Waals surface area (Å²) in [6.07, 6.45) is 7.09. The molecule has 0 aliphatic carbocycles. The Hall–Kier alpha value is -4.69. The molecular formula is C44H63ClN6O4. The molecule has 1 aliphatic heterocycles. The summed E-state index contributed by atoms with van der Waals surface area (Å²) in [4.78, 5) is 24.0. The molecule has 0 bridgehead atoms. The van der Waals surface area contributed by atoms with Gasteiger partial charge in [-0.2, -0.15) is 5.26 Å². The number of aromatic nitrogens is 2. The molecule has 10 nitrogen and oxygen atoms in total. The van der Waals surface area contributed by atoms with Crippen molar-refractivity contribution in [2.75, 3.05) is 51.1 Å². The van der Waals surface area contributed by atoms with Gasteiger partial charge in [-0.25, -0.2) is 0 Å². The van der Waals surface area contributed by atoms with E-state index in [0.717, 1.165) is 37.3 Å². The molecule has 0 spiro atoms. The molecular weight excluding hydrogens is 712 g/mol. The number of fused-ring (bicyclic) bond motifs is 1. The number of likely N-dealkylation sites (N-methyl/N-ethyl adjacent to an activating group) is 1. The molecule has 0 unspecified atom stereocenters. The van der Waals surface area contributed by atoms with Gasteiger partial charge in [-0.1, -0.05) is 79.1 Å². The van der Waals surface area contributed by atoms with E-state index in [4.69, 9.17) is 25.8 Å². The molecule has 2 aromatic heterocycles. The average molecular weight is 775 g/mol. The van der Waals surface area contributed by atoms with Gasteiger partial charge in [0, 0.05) is 66.3 Å². The van der Waals surface area contributed by atoms with Gasteiger partial charge in [0.05, 0.1) is 39.8 Å². The highest BCUT2D eigenvalue weighted by atomic mass is 35.5. The second kappa shape index (κ2) is 27.0. The lowest BCUT2D eigenvalue weighted by Crippen LogP contribution is -2.15. The largest absolute Gasteiger partial charge is 0.492 e. The van der Waals surface area contributed by atoms with Crippen molar-refractivity contribution >= 4 is 45.5 Å². The second-order valence-electron chi connectivity index (χ2n) is 11.5. The van der Waals surface area contributed by atoms with Gasteiger partial charge in [0.25, 0.3) is 0 Å². The zero-order valence-corrected chi connectivity index (χ0v) is 35.9. The normalized spacial score (nSPS) is 12.0. The van der Waals surface area contributed by atoms with Crippen LogP contribution in [0.15, 0.2) is 60.8 Å². The molecule has 11 heteroatoms. The highest BCUT2D eigenvalue weighted by Crippen LogP contribution is 2.38. The maximum absolute atomic E-state index is 12.7. The number of halogens is 1. The van der Waals surface area contributed by atoms with E-state index in [1.807, 2.05) is 99.6 Å². The lowest BCUT2D eigenvalue weighted by atomic mass is 9.96. The fourth-order valence-electron chi connectivity index (χ4n) is 5.36. The van der Waals surface area contributed by atoms with E-state index in [9.17, 15) is 10.1 Å². The van der Waals surface area contributed by atoms with Crippen molar-refractivity contribution in [3.8, 4) is 17.6 Å². The standard InChI is InChI=1S/C36H39ClN6O4.4C2H6/c1-5-46-34-19-31-27(18-32(34)42-35(44)7-6-14-43(3)4)36(28(20-38)23(2)40-31)41-26-9-11-33(29(37)17-26)47-22-24-8-10-30(39-21-24)25-12-15-45-16-13-25;4*1-2/h6-11,17-19,21,25H,5,12-16,22H2,1-4H3,(H,40,41)(H,42,44);4*1-2H3/b7-6+;;;;. The highest BCUT2D eigenvalue weighted by molar-refractivity contribution is 6.32. The first-order valence-electron chi connectivity index (χ1n) is 19.6. The summed E-state index contributed by atoms with van der Waals surface area (Å²) in [5, 5.41) is 17.4. The Morgan fingerprint density at radius 2 is 1.69 bits per heavy atom. The van der Waals surface area contributed by atoms with Gasteiger partial charge >= 0.3 is 0 Å². The maximum atomic E-state index is 12.7. The number of anilines is 3. The van der Waals surface area contributed by atoms with Gasteiger partial charge in [0.1, 0.15) is 24.2 Å². The molecule has 1 amide bonds. The Bertz CT molecular complexity index is 1800.